The summed E-state index contributed by atoms with van der Waals surface area (Å²) >= 11 is 5.89. The van der Waals surface area contributed by atoms with E-state index in [0.29, 0.717) is 18.8 Å². The number of halogens is 1. The topological polar surface area (TPSA) is 75.3 Å². The van der Waals surface area contributed by atoms with Crippen LogP contribution in [0.15, 0.2) is 11.1 Å². The van der Waals surface area contributed by atoms with Crippen molar-refractivity contribution in [2.45, 2.75) is 18.9 Å². The number of hydrogen-bond donors (Lipinski definition) is 1. The number of esters is 1. The Morgan fingerprint density at radius 1 is 1.71 bits per heavy atom. The van der Waals surface area contributed by atoms with Crippen LogP contribution in [0.3, 0.4) is 0 Å². The third-order valence-corrected chi connectivity index (χ3v) is 3.12. The van der Waals surface area contributed by atoms with Crippen LogP contribution in [0.5, 0.6) is 0 Å². The molecule has 0 spiro atoms. The van der Waals surface area contributed by atoms with E-state index in [-0.39, 0.29) is 11.0 Å². The molecule has 0 aromatic carbocycles. The van der Waals surface area contributed by atoms with Gasteiger partial charge in [0, 0.05) is 6.54 Å². The van der Waals surface area contributed by atoms with E-state index in [9.17, 15) is 9.59 Å². The van der Waals surface area contributed by atoms with E-state index in [4.69, 9.17) is 16.3 Å². The molecular formula is C10H12ClN3O3. The van der Waals surface area contributed by atoms with Gasteiger partial charge in [-0.1, -0.05) is 11.6 Å². The van der Waals surface area contributed by atoms with Crippen LogP contribution in [0.25, 0.3) is 0 Å². The van der Waals surface area contributed by atoms with Crippen LogP contribution in [-0.4, -0.2) is 35.6 Å². The summed E-state index contributed by atoms with van der Waals surface area (Å²) in [5.41, 5.74) is -0.410. The lowest BCUT2D eigenvalue weighted by molar-refractivity contribution is -0.141. The van der Waals surface area contributed by atoms with Crippen molar-refractivity contribution in [3.63, 3.8) is 0 Å². The molecule has 1 fully saturated rings. The van der Waals surface area contributed by atoms with Crippen LogP contribution in [0.2, 0.25) is 5.02 Å². The summed E-state index contributed by atoms with van der Waals surface area (Å²) in [5.74, 6) is 0.00367. The highest BCUT2D eigenvalue weighted by Gasteiger charge is 2.33. The summed E-state index contributed by atoms with van der Waals surface area (Å²) in [6.45, 7) is 0.635. The molecule has 1 aromatic heterocycles. The van der Waals surface area contributed by atoms with Gasteiger partial charge in [-0.3, -0.25) is 4.79 Å². The molecule has 2 heterocycles. The maximum absolute atomic E-state index is 11.6. The molecule has 1 atom stereocenters. The van der Waals surface area contributed by atoms with Gasteiger partial charge < -0.3 is 14.6 Å². The van der Waals surface area contributed by atoms with Gasteiger partial charge >= 0.3 is 5.97 Å². The first-order valence-corrected chi connectivity index (χ1v) is 5.60. The molecule has 1 N–H and O–H groups in total. The number of methoxy groups -OCH3 is 1. The molecule has 0 amide bonds. The number of anilines is 1. The summed E-state index contributed by atoms with van der Waals surface area (Å²) < 4.78 is 4.72. The van der Waals surface area contributed by atoms with Gasteiger partial charge in [-0.15, -0.1) is 0 Å². The van der Waals surface area contributed by atoms with Crippen molar-refractivity contribution in [2.24, 2.45) is 0 Å². The Morgan fingerprint density at radius 2 is 2.47 bits per heavy atom. The fourth-order valence-electron chi connectivity index (χ4n) is 1.98. The normalized spacial score (nSPS) is 19.4. The van der Waals surface area contributed by atoms with E-state index in [2.05, 4.69) is 9.97 Å². The number of ether oxygens (including phenoxy) is 1. The van der Waals surface area contributed by atoms with Crippen LogP contribution in [-0.2, 0) is 9.53 Å². The molecular weight excluding hydrogens is 246 g/mol. The molecule has 0 aliphatic carbocycles. The third-order valence-electron chi connectivity index (χ3n) is 2.78. The van der Waals surface area contributed by atoms with E-state index in [1.807, 2.05) is 0 Å². The Hall–Kier alpha value is -1.56. The predicted molar refractivity (Wildman–Crippen MR) is 62.3 cm³/mol. The second-order valence-electron chi connectivity index (χ2n) is 3.74. The minimum absolute atomic E-state index is 0.00306. The molecule has 1 aromatic rings. The molecule has 1 unspecified atom stereocenters. The van der Waals surface area contributed by atoms with E-state index >= 15 is 0 Å². The number of carbonyl (C=O) groups excluding carboxylic acids is 1. The molecule has 0 saturated carbocycles. The summed E-state index contributed by atoms with van der Waals surface area (Å²) in [6, 6.07) is -0.410. The van der Waals surface area contributed by atoms with Gasteiger partial charge in [0.15, 0.2) is 5.82 Å². The Kier molecular flexibility index (Phi) is 3.33. The van der Waals surface area contributed by atoms with Crippen molar-refractivity contribution in [2.75, 3.05) is 18.6 Å². The highest BCUT2D eigenvalue weighted by molar-refractivity contribution is 6.32. The van der Waals surface area contributed by atoms with Gasteiger partial charge in [-0.25, -0.2) is 9.78 Å². The minimum Gasteiger partial charge on any atom is -0.467 e. The number of nitrogens with one attached hydrogen (secondary N) is 1. The molecule has 0 radical (unpaired) electrons. The Morgan fingerprint density at radius 3 is 3.18 bits per heavy atom. The molecule has 17 heavy (non-hydrogen) atoms. The quantitative estimate of drug-likeness (QED) is 0.784. The molecule has 2 rings (SSSR count). The monoisotopic (exact) mass is 257 g/mol. The maximum atomic E-state index is 11.6. The zero-order valence-corrected chi connectivity index (χ0v) is 10.0. The van der Waals surface area contributed by atoms with Crippen LogP contribution < -0.4 is 10.5 Å². The number of hydrogen-bond acceptors (Lipinski definition) is 5. The van der Waals surface area contributed by atoms with Gasteiger partial charge in [0.1, 0.15) is 11.1 Å². The Balaban J connectivity index is 2.36. The second kappa shape index (κ2) is 4.75. The average Bonchev–Trinajstić information content (AvgIpc) is 2.80. The molecule has 1 aliphatic heterocycles. The molecule has 92 valence electrons. The number of aromatic amines is 1. The van der Waals surface area contributed by atoms with Crippen molar-refractivity contribution in [1.82, 2.24) is 9.97 Å². The van der Waals surface area contributed by atoms with Crippen LogP contribution in [0.1, 0.15) is 12.8 Å². The maximum Gasteiger partial charge on any atom is 0.328 e. The van der Waals surface area contributed by atoms with Gasteiger partial charge in [0.05, 0.1) is 13.4 Å². The van der Waals surface area contributed by atoms with Gasteiger partial charge in [0.25, 0.3) is 5.56 Å². The number of rotatable bonds is 2. The van der Waals surface area contributed by atoms with Crippen LogP contribution >= 0.6 is 11.6 Å². The second-order valence-corrected chi connectivity index (χ2v) is 4.12. The lowest BCUT2D eigenvalue weighted by Crippen LogP contribution is -2.38. The smallest absolute Gasteiger partial charge is 0.328 e. The summed E-state index contributed by atoms with van der Waals surface area (Å²) in [5, 5.41) is 0.00306. The van der Waals surface area contributed by atoms with Crippen LogP contribution in [0, 0.1) is 0 Å². The summed E-state index contributed by atoms with van der Waals surface area (Å²) in [6.07, 6.45) is 2.79. The van der Waals surface area contributed by atoms with Crippen molar-refractivity contribution in [3.05, 3.63) is 21.7 Å². The Bertz CT molecular complexity index is 488. The summed E-state index contributed by atoms with van der Waals surface area (Å²) in [4.78, 5) is 31.1. The fourth-order valence-corrected chi connectivity index (χ4v) is 2.19. The largest absolute Gasteiger partial charge is 0.467 e. The van der Waals surface area contributed by atoms with Crippen molar-refractivity contribution < 1.29 is 9.53 Å². The van der Waals surface area contributed by atoms with Gasteiger partial charge in [-0.2, -0.15) is 0 Å². The highest BCUT2D eigenvalue weighted by atomic mass is 35.5. The zero-order valence-electron chi connectivity index (χ0n) is 9.27. The molecule has 1 aliphatic rings. The third kappa shape index (κ3) is 2.12. The van der Waals surface area contributed by atoms with E-state index in [0.717, 1.165) is 6.42 Å². The highest BCUT2D eigenvalue weighted by Crippen LogP contribution is 2.27. The Labute approximate surface area is 103 Å². The molecule has 0 bridgehead atoms. The lowest BCUT2D eigenvalue weighted by atomic mass is 10.2. The standard InChI is InChI=1S/C10H12ClN3O3/c1-17-10(16)6-3-2-4-14(6)8-7(11)9(15)13-5-12-8/h5-6H,2-4H2,1H3,(H,12,13,15). The van der Waals surface area contributed by atoms with Crippen molar-refractivity contribution in [3.8, 4) is 0 Å². The number of nitrogens with zero attached hydrogens (tertiary/aromatic N) is 2. The van der Waals surface area contributed by atoms with Crippen molar-refractivity contribution >= 4 is 23.4 Å². The molecule has 6 nitrogen and oxygen atoms in total. The number of H-pyrrole nitrogens is 1. The minimum atomic E-state index is -0.410. The van der Waals surface area contributed by atoms with E-state index in [1.54, 1.807) is 4.90 Å². The van der Waals surface area contributed by atoms with E-state index in [1.165, 1.54) is 13.4 Å². The summed E-state index contributed by atoms with van der Waals surface area (Å²) in [7, 11) is 1.34. The first kappa shape index (κ1) is 11.9. The lowest BCUT2D eigenvalue weighted by Gasteiger charge is -2.23. The molecule has 7 heteroatoms. The average molecular weight is 258 g/mol. The predicted octanol–water partition coefficient (Wildman–Crippen LogP) is 0.565. The van der Waals surface area contributed by atoms with E-state index < -0.39 is 11.6 Å². The number of aromatic nitrogens is 2. The SMILES string of the molecule is COC(=O)C1CCCN1c1nc[nH]c(=O)c1Cl. The van der Waals surface area contributed by atoms with Gasteiger partial charge in [0.2, 0.25) is 0 Å². The van der Waals surface area contributed by atoms with Crippen LogP contribution in [0.4, 0.5) is 5.82 Å². The van der Waals surface area contributed by atoms with Crippen molar-refractivity contribution in [1.29, 1.82) is 0 Å². The first-order valence-electron chi connectivity index (χ1n) is 5.23. The first-order chi connectivity index (χ1) is 8.15. The zero-order chi connectivity index (χ0) is 12.4. The molecule has 1 saturated heterocycles. The van der Waals surface area contributed by atoms with Gasteiger partial charge in [-0.05, 0) is 12.8 Å². The fraction of sp³-hybridized carbons (Fsp3) is 0.500. The number of carbonyl (C=O) groups is 1.